The average molecular weight is 362 g/mol. The van der Waals surface area contributed by atoms with Crippen molar-refractivity contribution in [2.45, 2.75) is 25.4 Å². The van der Waals surface area contributed by atoms with Crippen LogP contribution in [0.15, 0.2) is 41.3 Å². The van der Waals surface area contributed by atoms with E-state index in [4.69, 9.17) is 11.6 Å². The number of rotatable bonds is 5. The number of nitrogens with one attached hydrogen (secondary N) is 1. The van der Waals surface area contributed by atoms with Gasteiger partial charge in [-0.05, 0) is 55.3 Å². The van der Waals surface area contributed by atoms with Crippen LogP contribution in [-0.4, -0.2) is 15.0 Å². The number of hydrogen-bond donors (Lipinski definition) is 1. The van der Waals surface area contributed by atoms with E-state index in [0.717, 1.165) is 11.1 Å². The molecule has 1 N–H and O–H groups in total. The van der Waals surface area contributed by atoms with Gasteiger partial charge in [-0.1, -0.05) is 17.7 Å². The summed E-state index contributed by atoms with van der Waals surface area (Å²) in [6.45, 7) is 0.674. The second-order valence-corrected chi connectivity index (χ2v) is 6.96. The van der Waals surface area contributed by atoms with Gasteiger partial charge in [-0.2, -0.15) is 8.78 Å². The molecule has 124 valence electrons. The SMILES string of the molecule is Cc1ccc(S(=O)(=O)Nc2ccc(OC(F)F)c(Cl)c2)cc1C. The predicted octanol–water partition coefficient (Wildman–Crippen LogP) is 4.36. The molecule has 0 amide bonds. The highest BCUT2D eigenvalue weighted by Gasteiger charge is 2.16. The monoisotopic (exact) mass is 361 g/mol. The fourth-order valence-electron chi connectivity index (χ4n) is 1.85. The molecule has 4 nitrogen and oxygen atoms in total. The minimum atomic E-state index is -3.80. The Morgan fingerprint density at radius 2 is 1.78 bits per heavy atom. The number of aryl methyl sites for hydroxylation is 2. The topological polar surface area (TPSA) is 55.4 Å². The molecule has 0 fully saturated rings. The zero-order valence-electron chi connectivity index (χ0n) is 12.3. The molecule has 0 radical (unpaired) electrons. The highest BCUT2D eigenvalue weighted by Crippen LogP contribution is 2.30. The predicted molar refractivity (Wildman–Crippen MR) is 84.8 cm³/mol. The van der Waals surface area contributed by atoms with E-state index in [0.29, 0.717) is 0 Å². The van der Waals surface area contributed by atoms with Crippen molar-refractivity contribution in [1.29, 1.82) is 0 Å². The summed E-state index contributed by atoms with van der Waals surface area (Å²) in [4.78, 5) is 0.102. The van der Waals surface area contributed by atoms with Crippen molar-refractivity contribution in [3.8, 4) is 5.75 Å². The van der Waals surface area contributed by atoms with E-state index < -0.39 is 16.6 Å². The summed E-state index contributed by atoms with van der Waals surface area (Å²) in [5.41, 5.74) is 1.96. The van der Waals surface area contributed by atoms with Crippen molar-refractivity contribution in [2.24, 2.45) is 0 Å². The van der Waals surface area contributed by atoms with Crippen LogP contribution in [-0.2, 0) is 10.0 Å². The molecule has 0 heterocycles. The van der Waals surface area contributed by atoms with Crippen LogP contribution in [0.1, 0.15) is 11.1 Å². The summed E-state index contributed by atoms with van der Waals surface area (Å²) in [5, 5.41) is -0.120. The summed E-state index contributed by atoms with van der Waals surface area (Å²) in [5.74, 6) is -0.226. The smallest absolute Gasteiger partial charge is 0.387 e. The molecule has 8 heteroatoms. The second-order valence-electron chi connectivity index (χ2n) is 4.88. The molecule has 0 atom stereocenters. The Bertz CT molecular complexity index is 825. The van der Waals surface area contributed by atoms with Crippen LogP contribution < -0.4 is 9.46 Å². The molecule has 0 saturated carbocycles. The Kier molecular flexibility index (Phi) is 5.11. The standard InChI is InChI=1S/C15H14ClF2NO3S/c1-9-3-5-12(7-10(9)2)23(20,21)19-11-4-6-14(13(16)8-11)22-15(17)18/h3-8,15,19H,1-2H3. The van der Waals surface area contributed by atoms with E-state index >= 15 is 0 Å². The fourth-order valence-corrected chi connectivity index (χ4v) is 3.21. The first-order valence-corrected chi connectivity index (χ1v) is 8.39. The van der Waals surface area contributed by atoms with Gasteiger partial charge in [0, 0.05) is 0 Å². The lowest BCUT2D eigenvalue weighted by Gasteiger charge is -2.12. The molecule has 0 saturated heterocycles. The molecule has 0 aromatic heterocycles. The van der Waals surface area contributed by atoms with E-state index in [2.05, 4.69) is 9.46 Å². The Balaban J connectivity index is 2.26. The number of hydrogen-bond acceptors (Lipinski definition) is 3. The van der Waals surface area contributed by atoms with Gasteiger partial charge in [0.05, 0.1) is 15.6 Å². The number of alkyl halides is 2. The first kappa shape index (κ1) is 17.5. The van der Waals surface area contributed by atoms with Gasteiger partial charge in [0.15, 0.2) is 0 Å². The van der Waals surface area contributed by atoms with Crippen LogP contribution in [0.5, 0.6) is 5.75 Å². The lowest BCUT2D eigenvalue weighted by Crippen LogP contribution is -2.13. The molecule has 23 heavy (non-hydrogen) atoms. The molecule has 0 spiro atoms. The quantitative estimate of drug-likeness (QED) is 0.860. The van der Waals surface area contributed by atoms with Gasteiger partial charge in [0.1, 0.15) is 5.75 Å². The minimum Gasteiger partial charge on any atom is -0.433 e. The summed E-state index contributed by atoms with van der Waals surface area (Å²) in [6, 6.07) is 8.41. The Morgan fingerprint density at radius 3 is 2.35 bits per heavy atom. The molecule has 2 aromatic carbocycles. The first-order valence-electron chi connectivity index (χ1n) is 6.53. The second kappa shape index (κ2) is 6.72. The molecule has 0 unspecified atom stereocenters. The van der Waals surface area contributed by atoms with Gasteiger partial charge >= 0.3 is 6.61 Å². The third-order valence-corrected chi connectivity index (χ3v) is 4.86. The maximum absolute atomic E-state index is 12.3. The Hall–Kier alpha value is -1.86. The summed E-state index contributed by atoms with van der Waals surface area (Å²) >= 11 is 5.80. The highest BCUT2D eigenvalue weighted by molar-refractivity contribution is 7.92. The summed E-state index contributed by atoms with van der Waals surface area (Å²) < 4.78 is 55.6. The largest absolute Gasteiger partial charge is 0.433 e. The van der Waals surface area contributed by atoms with Gasteiger partial charge in [0.25, 0.3) is 10.0 Å². The molecular formula is C15H14ClF2NO3S. The number of halogens is 3. The van der Waals surface area contributed by atoms with Crippen molar-refractivity contribution in [2.75, 3.05) is 4.72 Å². The van der Waals surface area contributed by atoms with Gasteiger partial charge in [-0.15, -0.1) is 0 Å². The first-order chi connectivity index (χ1) is 10.7. The lowest BCUT2D eigenvalue weighted by molar-refractivity contribution is -0.0497. The molecule has 2 aromatic rings. The number of sulfonamides is 1. The van der Waals surface area contributed by atoms with Gasteiger partial charge < -0.3 is 4.74 Å². The van der Waals surface area contributed by atoms with Crippen LogP contribution in [0.3, 0.4) is 0 Å². The van der Waals surface area contributed by atoms with Crippen LogP contribution in [0.4, 0.5) is 14.5 Å². The van der Waals surface area contributed by atoms with Gasteiger partial charge in [-0.3, -0.25) is 4.72 Å². The zero-order valence-corrected chi connectivity index (χ0v) is 13.9. The molecule has 0 bridgehead atoms. The maximum Gasteiger partial charge on any atom is 0.387 e. The minimum absolute atomic E-state index is 0.102. The van der Waals surface area contributed by atoms with Crippen LogP contribution in [0.25, 0.3) is 0 Å². The fraction of sp³-hybridized carbons (Fsp3) is 0.200. The molecule has 0 aliphatic heterocycles. The molecule has 0 aliphatic carbocycles. The molecule has 2 rings (SSSR count). The average Bonchev–Trinajstić information content (AvgIpc) is 2.44. The lowest BCUT2D eigenvalue weighted by atomic mass is 10.1. The van der Waals surface area contributed by atoms with E-state index in [1.165, 1.54) is 24.3 Å². The van der Waals surface area contributed by atoms with E-state index in [-0.39, 0.29) is 21.4 Å². The Labute approximate surface area is 138 Å². The number of ether oxygens (including phenoxy) is 1. The van der Waals surface area contributed by atoms with Crippen molar-refractivity contribution in [3.63, 3.8) is 0 Å². The third kappa shape index (κ3) is 4.33. The summed E-state index contributed by atoms with van der Waals surface area (Å²) in [6.07, 6.45) is 0. The van der Waals surface area contributed by atoms with E-state index in [1.54, 1.807) is 12.1 Å². The van der Waals surface area contributed by atoms with Crippen molar-refractivity contribution < 1.29 is 21.9 Å². The third-order valence-electron chi connectivity index (χ3n) is 3.19. The van der Waals surface area contributed by atoms with Gasteiger partial charge in [0.2, 0.25) is 0 Å². The summed E-state index contributed by atoms with van der Waals surface area (Å²) in [7, 11) is -3.80. The number of anilines is 1. The normalized spacial score (nSPS) is 11.6. The van der Waals surface area contributed by atoms with Gasteiger partial charge in [-0.25, -0.2) is 8.42 Å². The van der Waals surface area contributed by atoms with Crippen molar-refractivity contribution in [3.05, 3.63) is 52.5 Å². The number of benzene rings is 2. The zero-order chi connectivity index (χ0) is 17.2. The Morgan fingerprint density at radius 1 is 1.09 bits per heavy atom. The maximum atomic E-state index is 12.3. The van der Waals surface area contributed by atoms with Crippen LogP contribution >= 0.6 is 11.6 Å². The van der Waals surface area contributed by atoms with Crippen molar-refractivity contribution in [1.82, 2.24) is 0 Å². The van der Waals surface area contributed by atoms with E-state index in [1.807, 2.05) is 13.8 Å². The molecular weight excluding hydrogens is 348 g/mol. The van der Waals surface area contributed by atoms with Crippen LogP contribution in [0.2, 0.25) is 5.02 Å². The van der Waals surface area contributed by atoms with Crippen LogP contribution in [0, 0.1) is 13.8 Å². The highest BCUT2D eigenvalue weighted by atomic mass is 35.5. The van der Waals surface area contributed by atoms with E-state index in [9.17, 15) is 17.2 Å². The van der Waals surface area contributed by atoms with Crippen molar-refractivity contribution >= 4 is 27.3 Å². The molecule has 0 aliphatic rings.